The Morgan fingerprint density at radius 2 is 1.59 bits per heavy atom. The number of carbonyl (C=O) groups is 3. The average Bonchev–Trinajstić information content (AvgIpc) is 3.15. The van der Waals surface area contributed by atoms with Gasteiger partial charge in [-0.15, -0.1) is 0 Å². The van der Waals surface area contributed by atoms with Crippen LogP contribution in [0.15, 0.2) is 54.6 Å². The van der Waals surface area contributed by atoms with Gasteiger partial charge < -0.3 is 16.0 Å². The molecule has 1 aliphatic rings. The third-order valence-electron chi connectivity index (χ3n) is 4.90. The molecule has 7 nitrogen and oxygen atoms in total. The number of anilines is 2. The van der Waals surface area contributed by atoms with Gasteiger partial charge in [0, 0.05) is 37.4 Å². The highest BCUT2D eigenvalue weighted by Gasteiger charge is 2.25. The van der Waals surface area contributed by atoms with Gasteiger partial charge in [0.1, 0.15) is 0 Å². The molecule has 0 aromatic heterocycles. The molecule has 0 radical (unpaired) electrons. The molecule has 1 fully saturated rings. The molecule has 1 unspecified atom stereocenters. The molecule has 0 bridgehead atoms. The van der Waals surface area contributed by atoms with Crippen LogP contribution in [0.3, 0.4) is 0 Å². The van der Waals surface area contributed by atoms with Crippen molar-refractivity contribution in [3.63, 3.8) is 0 Å². The van der Waals surface area contributed by atoms with Crippen LogP contribution in [0.2, 0.25) is 0 Å². The van der Waals surface area contributed by atoms with Crippen LogP contribution in [0.4, 0.5) is 11.4 Å². The summed E-state index contributed by atoms with van der Waals surface area (Å²) in [5.74, 6) is -1.53. The first-order valence-electron chi connectivity index (χ1n) is 9.76. The maximum absolute atomic E-state index is 12.2. The Bertz CT molecular complexity index is 852. The summed E-state index contributed by atoms with van der Waals surface area (Å²) in [6, 6.07) is 17.1. The monoisotopic (exact) mass is 394 g/mol. The second kappa shape index (κ2) is 9.84. The first kappa shape index (κ1) is 20.5. The highest BCUT2D eigenvalue weighted by atomic mass is 16.2. The van der Waals surface area contributed by atoms with Crippen molar-refractivity contribution in [2.24, 2.45) is 0 Å². The standard InChI is InChI=1S/C22H26N4O3/c1-16(27)24-18-9-11-19(12-10-18)25-22(29)21(28)23-14-20-8-5-13-26(20)15-17-6-3-2-4-7-17/h2-4,6-7,9-12,20H,5,8,13-15H2,1H3,(H,23,28)(H,24,27)(H,25,29). The van der Waals surface area contributed by atoms with Crippen LogP contribution in [0.5, 0.6) is 0 Å². The van der Waals surface area contributed by atoms with Gasteiger partial charge in [0.25, 0.3) is 0 Å². The SMILES string of the molecule is CC(=O)Nc1ccc(NC(=O)C(=O)NCC2CCCN2Cc2ccccc2)cc1. The number of nitrogens with one attached hydrogen (secondary N) is 3. The van der Waals surface area contributed by atoms with E-state index in [4.69, 9.17) is 0 Å². The number of hydrogen-bond donors (Lipinski definition) is 3. The van der Waals surface area contributed by atoms with Gasteiger partial charge in [-0.1, -0.05) is 30.3 Å². The Balaban J connectivity index is 1.46. The van der Waals surface area contributed by atoms with Gasteiger partial charge >= 0.3 is 11.8 Å². The minimum atomic E-state index is -0.704. The Hall–Kier alpha value is -3.19. The Morgan fingerprint density at radius 1 is 0.931 bits per heavy atom. The smallest absolute Gasteiger partial charge is 0.313 e. The summed E-state index contributed by atoms with van der Waals surface area (Å²) in [5.41, 5.74) is 2.36. The summed E-state index contributed by atoms with van der Waals surface area (Å²) in [6.45, 7) is 3.70. The van der Waals surface area contributed by atoms with Gasteiger partial charge in [-0.2, -0.15) is 0 Å². The molecule has 3 rings (SSSR count). The van der Waals surface area contributed by atoms with Crippen LogP contribution >= 0.6 is 0 Å². The highest BCUT2D eigenvalue weighted by Crippen LogP contribution is 2.19. The second-order valence-corrected chi connectivity index (χ2v) is 7.17. The van der Waals surface area contributed by atoms with Gasteiger partial charge in [0.05, 0.1) is 0 Å². The normalized spacial score (nSPS) is 16.2. The first-order chi connectivity index (χ1) is 14.0. The number of likely N-dealkylation sites (tertiary alicyclic amines) is 1. The minimum absolute atomic E-state index is 0.172. The van der Waals surface area contributed by atoms with E-state index in [9.17, 15) is 14.4 Å². The molecule has 3 N–H and O–H groups in total. The lowest BCUT2D eigenvalue weighted by atomic mass is 10.2. The highest BCUT2D eigenvalue weighted by molar-refractivity contribution is 6.39. The van der Waals surface area contributed by atoms with Crippen LogP contribution in [-0.2, 0) is 20.9 Å². The van der Waals surface area contributed by atoms with E-state index in [2.05, 4.69) is 33.0 Å². The van der Waals surface area contributed by atoms with E-state index in [1.165, 1.54) is 12.5 Å². The molecule has 7 heteroatoms. The molecular weight excluding hydrogens is 368 g/mol. The number of amides is 3. The zero-order valence-electron chi connectivity index (χ0n) is 16.5. The Morgan fingerprint density at radius 3 is 2.24 bits per heavy atom. The fourth-order valence-electron chi connectivity index (χ4n) is 3.47. The maximum atomic E-state index is 12.2. The third-order valence-corrected chi connectivity index (χ3v) is 4.90. The van der Waals surface area contributed by atoms with Gasteiger partial charge in [-0.25, -0.2) is 0 Å². The molecule has 0 spiro atoms. The maximum Gasteiger partial charge on any atom is 0.313 e. The molecule has 2 aromatic rings. The largest absolute Gasteiger partial charge is 0.346 e. The van der Waals surface area contributed by atoms with Crippen molar-refractivity contribution in [3.8, 4) is 0 Å². The fourth-order valence-corrected chi connectivity index (χ4v) is 3.47. The van der Waals surface area contributed by atoms with E-state index in [-0.39, 0.29) is 11.9 Å². The van der Waals surface area contributed by atoms with E-state index in [0.717, 1.165) is 25.9 Å². The van der Waals surface area contributed by atoms with Gasteiger partial charge in [-0.05, 0) is 49.2 Å². The molecule has 2 aromatic carbocycles. The summed E-state index contributed by atoms with van der Waals surface area (Å²) in [4.78, 5) is 37.7. The van der Waals surface area contributed by atoms with E-state index in [1.807, 2.05) is 18.2 Å². The zero-order valence-corrected chi connectivity index (χ0v) is 16.5. The van der Waals surface area contributed by atoms with Gasteiger partial charge in [-0.3, -0.25) is 19.3 Å². The molecule has 1 heterocycles. The fraction of sp³-hybridized carbons (Fsp3) is 0.318. The van der Waals surface area contributed by atoms with Gasteiger partial charge in [0.2, 0.25) is 5.91 Å². The van der Waals surface area contributed by atoms with Gasteiger partial charge in [0.15, 0.2) is 0 Å². The van der Waals surface area contributed by atoms with Crippen molar-refractivity contribution in [2.45, 2.75) is 32.4 Å². The summed E-state index contributed by atoms with van der Waals surface area (Å²) < 4.78 is 0. The average molecular weight is 394 g/mol. The molecular formula is C22H26N4O3. The summed E-state index contributed by atoms with van der Waals surface area (Å²) in [5, 5.41) is 7.97. The number of hydrogen-bond acceptors (Lipinski definition) is 4. The lowest BCUT2D eigenvalue weighted by molar-refractivity contribution is -0.136. The van der Waals surface area contributed by atoms with Crippen LogP contribution in [-0.4, -0.2) is 41.8 Å². The number of benzene rings is 2. The van der Waals surface area contributed by atoms with Crippen molar-refractivity contribution in [1.82, 2.24) is 10.2 Å². The molecule has 29 heavy (non-hydrogen) atoms. The summed E-state index contributed by atoms with van der Waals surface area (Å²) in [6.07, 6.45) is 2.08. The Labute approximate surface area is 170 Å². The molecule has 1 aliphatic heterocycles. The molecule has 3 amide bonds. The molecule has 152 valence electrons. The lowest BCUT2D eigenvalue weighted by Crippen LogP contribution is -2.43. The van der Waals surface area contributed by atoms with Crippen molar-refractivity contribution < 1.29 is 14.4 Å². The van der Waals surface area contributed by atoms with Crippen LogP contribution in [0, 0.1) is 0 Å². The predicted molar refractivity (Wildman–Crippen MR) is 112 cm³/mol. The third kappa shape index (κ3) is 6.15. The van der Waals surface area contributed by atoms with Crippen molar-refractivity contribution in [1.29, 1.82) is 0 Å². The molecule has 1 atom stereocenters. The predicted octanol–water partition coefficient (Wildman–Crippen LogP) is 2.36. The van der Waals surface area contributed by atoms with E-state index in [1.54, 1.807) is 24.3 Å². The molecule has 0 aliphatic carbocycles. The van der Waals surface area contributed by atoms with Crippen LogP contribution in [0.1, 0.15) is 25.3 Å². The molecule has 1 saturated heterocycles. The van der Waals surface area contributed by atoms with Crippen molar-refractivity contribution in [2.75, 3.05) is 23.7 Å². The number of nitrogens with zero attached hydrogens (tertiary/aromatic N) is 1. The quantitative estimate of drug-likeness (QED) is 0.656. The molecule has 0 saturated carbocycles. The Kier molecular flexibility index (Phi) is 6.97. The summed E-state index contributed by atoms with van der Waals surface area (Å²) in [7, 11) is 0. The van der Waals surface area contributed by atoms with E-state index >= 15 is 0 Å². The minimum Gasteiger partial charge on any atom is -0.346 e. The summed E-state index contributed by atoms with van der Waals surface area (Å²) >= 11 is 0. The lowest BCUT2D eigenvalue weighted by Gasteiger charge is -2.24. The first-order valence-corrected chi connectivity index (χ1v) is 9.76. The number of rotatable bonds is 6. The second-order valence-electron chi connectivity index (χ2n) is 7.17. The van der Waals surface area contributed by atoms with Crippen LogP contribution in [0.25, 0.3) is 0 Å². The van der Waals surface area contributed by atoms with Crippen molar-refractivity contribution in [3.05, 3.63) is 60.2 Å². The van der Waals surface area contributed by atoms with E-state index in [0.29, 0.717) is 17.9 Å². The van der Waals surface area contributed by atoms with Crippen LogP contribution < -0.4 is 16.0 Å². The number of carbonyl (C=O) groups excluding carboxylic acids is 3. The van der Waals surface area contributed by atoms with E-state index < -0.39 is 11.8 Å². The van der Waals surface area contributed by atoms with Crippen molar-refractivity contribution >= 4 is 29.1 Å². The zero-order chi connectivity index (χ0) is 20.6. The topological polar surface area (TPSA) is 90.5 Å².